The van der Waals surface area contributed by atoms with Crippen LogP contribution in [0, 0.1) is 0 Å². The molecular formula is C16H24O4. The van der Waals surface area contributed by atoms with Crippen LogP contribution in [0.25, 0.3) is 0 Å². The summed E-state index contributed by atoms with van der Waals surface area (Å²) in [5, 5.41) is 0. The summed E-state index contributed by atoms with van der Waals surface area (Å²) in [6, 6.07) is 7.23. The number of carbonyl (C=O) groups excluding carboxylic acids is 1. The van der Waals surface area contributed by atoms with Crippen molar-refractivity contribution in [2.75, 3.05) is 26.9 Å². The molecule has 0 saturated heterocycles. The molecule has 0 N–H and O–H groups in total. The highest BCUT2D eigenvalue weighted by molar-refractivity contribution is 5.99. The minimum atomic E-state index is -0.230. The summed E-state index contributed by atoms with van der Waals surface area (Å²) in [6.45, 7) is 6.95. The smallest absolute Gasteiger partial charge is 0.192 e. The van der Waals surface area contributed by atoms with E-state index >= 15 is 0 Å². The van der Waals surface area contributed by atoms with Crippen molar-refractivity contribution in [1.29, 1.82) is 0 Å². The van der Waals surface area contributed by atoms with Crippen LogP contribution < -0.4 is 4.74 Å². The van der Waals surface area contributed by atoms with E-state index in [9.17, 15) is 4.79 Å². The van der Waals surface area contributed by atoms with Crippen molar-refractivity contribution in [3.8, 4) is 5.75 Å². The Bertz CT molecular complexity index is 426. The lowest BCUT2D eigenvalue weighted by atomic mass is 10.1. The lowest BCUT2D eigenvalue weighted by Gasteiger charge is -2.22. The Labute approximate surface area is 121 Å². The summed E-state index contributed by atoms with van der Waals surface area (Å²) < 4.78 is 16.2. The number of carbonyl (C=O) groups is 1. The van der Waals surface area contributed by atoms with Crippen LogP contribution in [-0.4, -0.2) is 38.3 Å². The number of benzene rings is 1. The van der Waals surface area contributed by atoms with E-state index in [0.717, 1.165) is 6.42 Å². The van der Waals surface area contributed by atoms with Crippen LogP contribution in [0.3, 0.4) is 0 Å². The highest BCUT2D eigenvalue weighted by Crippen LogP contribution is 2.19. The SMILES string of the molecule is CCOc1ccccc1C(=O)COCCC(C)(C)OC. The molecule has 0 saturated carbocycles. The Morgan fingerprint density at radius 3 is 2.60 bits per heavy atom. The number of rotatable bonds is 9. The predicted molar refractivity (Wildman–Crippen MR) is 78.5 cm³/mol. The Morgan fingerprint density at radius 2 is 1.95 bits per heavy atom. The summed E-state index contributed by atoms with van der Waals surface area (Å²) in [4.78, 5) is 12.1. The zero-order valence-electron chi connectivity index (χ0n) is 12.8. The average Bonchev–Trinajstić information content (AvgIpc) is 2.44. The molecule has 0 radical (unpaired) electrons. The summed E-state index contributed by atoms with van der Waals surface area (Å²) in [5.41, 5.74) is 0.340. The van der Waals surface area contributed by atoms with Crippen LogP contribution in [0.4, 0.5) is 0 Å². The van der Waals surface area contributed by atoms with Gasteiger partial charge in [0.25, 0.3) is 0 Å². The normalized spacial score (nSPS) is 11.4. The Balaban J connectivity index is 2.47. The Morgan fingerprint density at radius 1 is 1.25 bits per heavy atom. The van der Waals surface area contributed by atoms with E-state index < -0.39 is 0 Å². The topological polar surface area (TPSA) is 44.8 Å². The Kier molecular flexibility index (Phi) is 6.68. The molecule has 0 aromatic heterocycles. The second-order valence-corrected chi connectivity index (χ2v) is 5.12. The number of ether oxygens (including phenoxy) is 3. The van der Waals surface area contributed by atoms with Gasteiger partial charge in [-0.05, 0) is 39.3 Å². The molecular weight excluding hydrogens is 256 g/mol. The fourth-order valence-corrected chi connectivity index (χ4v) is 1.64. The van der Waals surface area contributed by atoms with Crippen molar-refractivity contribution in [3.63, 3.8) is 0 Å². The van der Waals surface area contributed by atoms with Crippen LogP contribution >= 0.6 is 0 Å². The van der Waals surface area contributed by atoms with Gasteiger partial charge in [0.05, 0.1) is 17.8 Å². The third kappa shape index (κ3) is 5.31. The average molecular weight is 280 g/mol. The molecule has 1 aromatic carbocycles. The summed E-state index contributed by atoms with van der Waals surface area (Å²) >= 11 is 0. The molecule has 0 aliphatic rings. The number of hydrogen-bond acceptors (Lipinski definition) is 4. The number of Topliss-reactive ketones (excluding diaryl/α,β-unsaturated/α-hetero) is 1. The number of ketones is 1. The van der Waals surface area contributed by atoms with Crippen LogP contribution in [0.5, 0.6) is 5.75 Å². The third-order valence-corrected chi connectivity index (χ3v) is 3.12. The van der Waals surface area contributed by atoms with Gasteiger partial charge in [0.2, 0.25) is 0 Å². The van der Waals surface area contributed by atoms with Gasteiger partial charge >= 0.3 is 0 Å². The first kappa shape index (κ1) is 16.7. The van der Waals surface area contributed by atoms with E-state index in [1.807, 2.05) is 32.9 Å². The first-order valence-electron chi connectivity index (χ1n) is 6.88. The van der Waals surface area contributed by atoms with E-state index in [-0.39, 0.29) is 18.0 Å². The maximum absolute atomic E-state index is 12.1. The fourth-order valence-electron chi connectivity index (χ4n) is 1.64. The van der Waals surface area contributed by atoms with Crippen molar-refractivity contribution in [1.82, 2.24) is 0 Å². The molecule has 0 heterocycles. The molecule has 0 amide bonds. The van der Waals surface area contributed by atoms with E-state index in [1.54, 1.807) is 19.2 Å². The zero-order valence-corrected chi connectivity index (χ0v) is 12.8. The molecule has 1 rings (SSSR count). The molecule has 0 unspecified atom stereocenters. The van der Waals surface area contributed by atoms with Crippen molar-refractivity contribution >= 4 is 5.78 Å². The highest BCUT2D eigenvalue weighted by atomic mass is 16.5. The number of para-hydroxylation sites is 1. The molecule has 20 heavy (non-hydrogen) atoms. The fraction of sp³-hybridized carbons (Fsp3) is 0.562. The lowest BCUT2D eigenvalue weighted by molar-refractivity contribution is -0.00839. The van der Waals surface area contributed by atoms with Crippen LogP contribution in [0.1, 0.15) is 37.6 Å². The molecule has 0 fully saturated rings. The molecule has 0 spiro atoms. The van der Waals surface area contributed by atoms with Crippen LogP contribution in [0.2, 0.25) is 0 Å². The highest BCUT2D eigenvalue weighted by Gasteiger charge is 2.17. The van der Waals surface area contributed by atoms with Crippen LogP contribution in [-0.2, 0) is 9.47 Å². The Hall–Kier alpha value is -1.39. The summed E-state index contributed by atoms with van der Waals surface area (Å²) in [5.74, 6) is 0.546. The molecule has 0 bridgehead atoms. The van der Waals surface area contributed by atoms with E-state index in [2.05, 4.69) is 0 Å². The molecule has 0 aliphatic heterocycles. The minimum absolute atomic E-state index is 0.0594. The largest absolute Gasteiger partial charge is 0.493 e. The van der Waals surface area contributed by atoms with Crippen molar-refractivity contribution in [2.45, 2.75) is 32.8 Å². The monoisotopic (exact) mass is 280 g/mol. The van der Waals surface area contributed by atoms with Gasteiger partial charge < -0.3 is 14.2 Å². The molecule has 0 atom stereocenters. The van der Waals surface area contributed by atoms with Gasteiger partial charge in [-0.1, -0.05) is 12.1 Å². The lowest BCUT2D eigenvalue weighted by Crippen LogP contribution is -2.25. The van der Waals surface area contributed by atoms with E-state index in [4.69, 9.17) is 14.2 Å². The molecule has 0 aliphatic carbocycles. The van der Waals surface area contributed by atoms with Gasteiger partial charge in [0.1, 0.15) is 12.4 Å². The molecule has 112 valence electrons. The predicted octanol–water partition coefficient (Wildman–Crippen LogP) is 3.10. The van der Waals surface area contributed by atoms with Crippen LogP contribution in [0.15, 0.2) is 24.3 Å². The standard InChI is InChI=1S/C16H24O4/c1-5-20-15-9-7-6-8-13(15)14(17)12-19-11-10-16(2,3)18-4/h6-9H,5,10-12H2,1-4H3. The van der Waals surface area contributed by atoms with Crippen molar-refractivity contribution in [3.05, 3.63) is 29.8 Å². The third-order valence-electron chi connectivity index (χ3n) is 3.12. The first-order chi connectivity index (χ1) is 9.50. The van der Waals surface area contributed by atoms with Crippen molar-refractivity contribution in [2.24, 2.45) is 0 Å². The van der Waals surface area contributed by atoms with Gasteiger partial charge in [0, 0.05) is 13.7 Å². The molecule has 4 heteroatoms. The van der Waals surface area contributed by atoms with Crippen molar-refractivity contribution < 1.29 is 19.0 Å². The second-order valence-electron chi connectivity index (χ2n) is 5.12. The maximum Gasteiger partial charge on any atom is 0.192 e. The minimum Gasteiger partial charge on any atom is -0.493 e. The molecule has 4 nitrogen and oxygen atoms in total. The number of methoxy groups -OCH3 is 1. The van der Waals surface area contributed by atoms with Gasteiger partial charge in [-0.25, -0.2) is 0 Å². The van der Waals surface area contributed by atoms with Gasteiger partial charge in [-0.15, -0.1) is 0 Å². The first-order valence-corrected chi connectivity index (χ1v) is 6.88. The summed E-state index contributed by atoms with van der Waals surface area (Å²) in [7, 11) is 1.67. The van der Waals surface area contributed by atoms with Gasteiger partial charge in [0.15, 0.2) is 5.78 Å². The second kappa shape index (κ2) is 8.02. The van der Waals surface area contributed by atoms with Gasteiger partial charge in [-0.2, -0.15) is 0 Å². The summed E-state index contributed by atoms with van der Waals surface area (Å²) in [6.07, 6.45) is 0.740. The quantitative estimate of drug-likeness (QED) is 0.515. The maximum atomic E-state index is 12.1. The van der Waals surface area contributed by atoms with E-state index in [0.29, 0.717) is 24.5 Å². The number of hydrogen-bond donors (Lipinski definition) is 0. The molecule has 1 aromatic rings. The zero-order chi connectivity index (χ0) is 15.0. The van der Waals surface area contributed by atoms with E-state index in [1.165, 1.54) is 0 Å². The van der Waals surface area contributed by atoms with Gasteiger partial charge in [-0.3, -0.25) is 4.79 Å².